The number of para-hydroxylation sites is 2. The Morgan fingerprint density at radius 3 is 2.70 bits per heavy atom. The zero-order valence-electron chi connectivity index (χ0n) is 15.1. The molecule has 1 aromatic carbocycles. The topological polar surface area (TPSA) is 119 Å². The van der Waals surface area contributed by atoms with Crippen molar-refractivity contribution in [1.82, 2.24) is 9.97 Å². The molecule has 1 fully saturated rings. The molecule has 0 saturated heterocycles. The molecule has 4 rings (SSSR count). The second-order valence-corrected chi connectivity index (χ2v) is 6.53. The maximum atomic E-state index is 11.4. The number of anilines is 1. The van der Waals surface area contributed by atoms with E-state index in [-0.39, 0.29) is 11.7 Å². The van der Waals surface area contributed by atoms with Gasteiger partial charge >= 0.3 is 0 Å². The van der Waals surface area contributed by atoms with E-state index in [9.17, 15) is 14.7 Å². The smallest absolute Gasteiger partial charge is 0.286 e. The molecule has 142 valence electrons. The first-order valence-electron chi connectivity index (χ1n) is 8.75. The molecule has 0 radical (unpaired) electrons. The fraction of sp³-hybridized carbons (Fsp3) is 0.368. The van der Waals surface area contributed by atoms with E-state index in [1.807, 2.05) is 24.3 Å². The molecule has 2 aliphatic rings. The highest BCUT2D eigenvalue weighted by molar-refractivity contribution is 5.95. The second kappa shape index (κ2) is 7.71. The van der Waals surface area contributed by atoms with Crippen LogP contribution >= 0.6 is 0 Å². The Morgan fingerprint density at radius 2 is 2.04 bits per heavy atom. The lowest BCUT2D eigenvalue weighted by molar-refractivity contribution is -0.118. The number of nitrogens with zero attached hydrogens (tertiary/aromatic N) is 3. The summed E-state index contributed by atoms with van der Waals surface area (Å²) in [5, 5.41) is 9.95. The Balaban J connectivity index is 0.000000156. The van der Waals surface area contributed by atoms with Crippen LogP contribution in [-0.4, -0.2) is 40.5 Å². The Morgan fingerprint density at radius 1 is 1.30 bits per heavy atom. The van der Waals surface area contributed by atoms with Gasteiger partial charge in [-0.15, -0.1) is 0 Å². The first-order valence-corrected chi connectivity index (χ1v) is 8.75. The van der Waals surface area contributed by atoms with Crippen molar-refractivity contribution in [1.29, 1.82) is 0 Å². The van der Waals surface area contributed by atoms with E-state index in [2.05, 4.69) is 9.97 Å². The van der Waals surface area contributed by atoms with E-state index < -0.39 is 11.5 Å². The number of carbonyl (C=O) groups excluding carboxylic acids is 2. The average molecular weight is 370 g/mol. The maximum absolute atomic E-state index is 11.4. The van der Waals surface area contributed by atoms with Gasteiger partial charge in [0, 0.05) is 13.2 Å². The minimum atomic E-state index is -0.868. The summed E-state index contributed by atoms with van der Waals surface area (Å²) in [5.74, 6) is 0.179. The van der Waals surface area contributed by atoms with Crippen LogP contribution in [-0.2, 0) is 10.4 Å². The van der Waals surface area contributed by atoms with Crippen molar-refractivity contribution in [2.24, 2.45) is 5.73 Å². The molecule has 8 heteroatoms. The van der Waals surface area contributed by atoms with Crippen molar-refractivity contribution in [3.8, 4) is 5.75 Å². The number of aliphatic hydroxyl groups is 1. The summed E-state index contributed by atoms with van der Waals surface area (Å²) in [6.45, 7) is 0.472. The lowest BCUT2D eigenvalue weighted by atomic mass is 9.78. The molecule has 2 amide bonds. The zero-order valence-corrected chi connectivity index (χ0v) is 15.1. The van der Waals surface area contributed by atoms with Gasteiger partial charge in [0.25, 0.3) is 5.91 Å². The molecule has 8 nitrogen and oxygen atoms in total. The highest BCUT2D eigenvalue weighted by Crippen LogP contribution is 2.39. The minimum absolute atomic E-state index is 0.0391. The number of aromatic nitrogens is 2. The average Bonchev–Trinajstić information content (AvgIpc) is 2.80. The summed E-state index contributed by atoms with van der Waals surface area (Å²) in [7, 11) is 1.77. The third-order valence-electron chi connectivity index (χ3n) is 4.71. The third kappa shape index (κ3) is 4.06. The molecule has 1 saturated carbocycles. The van der Waals surface area contributed by atoms with Crippen molar-refractivity contribution in [2.75, 3.05) is 18.6 Å². The molecule has 0 bridgehead atoms. The highest BCUT2D eigenvalue weighted by atomic mass is 16.5. The van der Waals surface area contributed by atoms with Crippen LogP contribution in [0.15, 0.2) is 36.5 Å². The number of primary amides is 1. The normalized spacial score (nSPS) is 17.4. The number of hydrogen-bond donors (Lipinski definition) is 2. The largest absolute Gasteiger partial charge is 0.491 e. The van der Waals surface area contributed by atoms with E-state index >= 15 is 0 Å². The second-order valence-electron chi connectivity index (χ2n) is 6.53. The lowest BCUT2D eigenvalue weighted by Gasteiger charge is -2.35. The van der Waals surface area contributed by atoms with E-state index in [1.165, 1.54) is 6.20 Å². The highest BCUT2D eigenvalue weighted by Gasteiger charge is 2.37. The first-order chi connectivity index (χ1) is 12.9. The van der Waals surface area contributed by atoms with Gasteiger partial charge in [0.1, 0.15) is 11.4 Å². The van der Waals surface area contributed by atoms with Gasteiger partial charge in [0.2, 0.25) is 11.7 Å². The fourth-order valence-electron chi connectivity index (χ4n) is 2.91. The van der Waals surface area contributed by atoms with Crippen LogP contribution in [0.5, 0.6) is 5.75 Å². The molecule has 2 aromatic rings. The number of rotatable bonds is 2. The molecule has 1 aliphatic heterocycles. The van der Waals surface area contributed by atoms with Crippen LogP contribution in [0.3, 0.4) is 0 Å². The number of ether oxygens (including phenoxy) is 1. The predicted octanol–water partition coefficient (Wildman–Crippen LogP) is 1.38. The van der Waals surface area contributed by atoms with Crippen LogP contribution in [0.25, 0.3) is 0 Å². The van der Waals surface area contributed by atoms with Crippen LogP contribution < -0.4 is 15.4 Å². The van der Waals surface area contributed by atoms with E-state index in [0.29, 0.717) is 31.6 Å². The number of amides is 2. The van der Waals surface area contributed by atoms with E-state index in [0.717, 1.165) is 17.9 Å². The summed E-state index contributed by atoms with van der Waals surface area (Å²) in [6, 6.07) is 9.19. The zero-order chi connectivity index (χ0) is 19.4. The number of carbonyl (C=O) groups is 2. The minimum Gasteiger partial charge on any atom is -0.491 e. The van der Waals surface area contributed by atoms with Gasteiger partial charge in [-0.2, -0.15) is 0 Å². The van der Waals surface area contributed by atoms with E-state index in [1.54, 1.807) is 18.0 Å². The predicted molar refractivity (Wildman–Crippen MR) is 98.3 cm³/mol. The van der Waals surface area contributed by atoms with Crippen LogP contribution in [0.2, 0.25) is 0 Å². The lowest BCUT2D eigenvalue weighted by Crippen LogP contribution is -2.35. The standard InChI is InChI=1S/C10H11NO2.C9H11N3O2/c1-11-8-4-2-3-5-9(8)13-7-6-10(11)12;10-7(13)8-11-5-2-6(12-8)9(14)3-1-4-9/h2-5H,6-7H2,1H3;2,5,14H,1,3-4H2,(H2,10,13). The quantitative estimate of drug-likeness (QED) is 0.824. The van der Waals surface area contributed by atoms with Crippen LogP contribution in [0.4, 0.5) is 5.69 Å². The van der Waals surface area contributed by atoms with Crippen LogP contribution in [0, 0.1) is 0 Å². The van der Waals surface area contributed by atoms with Gasteiger partial charge in [-0.3, -0.25) is 9.59 Å². The molecule has 1 aromatic heterocycles. The number of nitrogens with two attached hydrogens (primary N) is 1. The Labute approximate surface area is 157 Å². The van der Waals surface area contributed by atoms with Crippen LogP contribution in [0.1, 0.15) is 42.0 Å². The van der Waals surface area contributed by atoms with Crippen molar-refractivity contribution in [3.63, 3.8) is 0 Å². The van der Waals surface area contributed by atoms with E-state index in [4.69, 9.17) is 10.5 Å². The molecule has 27 heavy (non-hydrogen) atoms. The maximum Gasteiger partial charge on any atom is 0.286 e. The van der Waals surface area contributed by atoms with Crippen molar-refractivity contribution >= 4 is 17.5 Å². The third-order valence-corrected chi connectivity index (χ3v) is 4.71. The monoisotopic (exact) mass is 370 g/mol. The molecule has 0 unspecified atom stereocenters. The van der Waals surface area contributed by atoms with Crippen molar-refractivity contribution in [3.05, 3.63) is 48.0 Å². The first kappa shape index (κ1) is 18.8. The Hall–Kier alpha value is -3.00. The van der Waals surface area contributed by atoms with Gasteiger partial charge < -0.3 is 20.5 Å². The van der Waals surface area contributed by atoms with Gasteiger partial charge in [-0.25, -0.2) is 9.97 Å². The number of fused-ring (bicyclic) bond motifs is 1. The molecule has 0 atom stereocenters. The summed E-state index contributed by atoms with van der Waals surface area (Å²) in [4.78, 5) is 31.5. The molecule has 1 aliphatic carbocycles. The van der Waals surface area contributed by atoms with Gasteiger partial charge in [0.05, 0.1) is 24.4 Å². The summed E-state index contributed by atoms with van der Waals surface area (Å²) in [6.07, 6.45) is 4.24. The van der Waals surface area contributed by atoms with Gasteiger partial charge in [0.15, 0.2) is 0 Å². The number of benzene rings is 1. The van der Waals surface area contributed by atoms with Crippen molar-refractivity contribution < 1.29 is 19.4 Å². The number of hydrogen-bond acceptors (Lipinski definition) is 6. The Bertz CT molecular complexity index is 851. The fourth-order valence-corrected chi connectivity index (χ4v) is 2.91. The Kier molecular flexibility index (Phi) is 5.36. The SMILES string of the molecule is CN1C(=O)CCOc2ccccc21.NC(=O)c1nccc(C2(O)CCC2)n1. The molecular weight excluding hydrogens is 348 g/mol. The molecular formula is C19H22N4O4. The summed E-state index contributed by atoms with van der Waals surface area (Å²) < 4.78 is 5.43. The van der Waals surface area contributed by atoms with Crippen molar-refractivity contribution in [2.45, 2.75) is 31.3 Å². The van der Waals surface area contributed by atoms with Gasteiger partial charge in [-0.05, 0) is 37.5 Å². The summed E-state index contributed by atoms with van der Waals surface area (Å²) >= 11 is 0. The molecule has 2 heterocycles. The summed E-state index contributed by atoms with van der Waals surface area (Å²) in [5.41, 5.74) is 5.52. The van der Waals surface area contributed by atoms with Gasteiger partial charge in [-0.1, -0.05) is 12.1 Å². The molecule has 0 spiro atoms. The molecule has 3 N–H and O–H groups in total.